The van der Waals surface area contributed by atoms with Gasteiger partial charge in [-0.2, -0.15) is 5.26 Å². The maximum absolute atomic E-state index is 9.35. The molecule has 0 atom stereocenters. The van der Waals surface area contributed by atoms with Gasteiger partial charge in [-0.05, 0) is 60.6 Å². The summed E-state index contributed by atoms with van der Waals surface area (Å²) in [5.41, 5.74) is 5.76. The van der Waals surface area contributed by atoms with Crippen molar-refractivity contribution in [3.05, 3.63) is 59.2 Å². The Labute approximate surface area is 156 Å². The Kier molecular flexibility index (Phi) is 5.32. The van der Waals surface area contributed by atoms with Gasteiger partial charge in [-0.15, -0.1) is 12.4 Å². The predicted molar refractivity (Wildman–Crippen MR) is 105 cm³/mol. The summed E-state index contributed by atoms with van der Waals surface area (Å²) in [6, 6.07) is 16.8. The van der Waals surface area contributed by atoms with Gasteiger partial charge < -0.3 is 4.90 Å². The molecule has 2 aliphatic rings. The molecule has 0 saturated heterocycles. The van der Waals surface area contributed by atoms with Crippen molar-refractivity contribution >= 4 is 23.8 Å². The number of anilines is 2. The molecular weight excluding hydrogens is 330 g/mol. The first-order valence-electron chi connectivity index (χ1n) is 8.81. The SMILES string of the molecule is CN(c1ccc2c(c1)CN(CC1CC1)CC2)c1ccccc1C#N.Cl. The molecule has 0 amide bonds. The molecule has 4 heteroatoms. The Hall–Kier alpha value is -2.02. The summed E-state index contributed by atoms with van der Waals surface area (Å²) in [4.78, 5) is 4.73. The van der Waals surface area contributed by atoms with Crippen LogP contribution in [0.25, 0.3) is 0 Å². The first-order chi connectivity index (χ1) is 11.7. The van der Waals surface area contributed by atoms with Gasteiger partial charge in [0.25, 0.3) is 0 Å². The number of rotatable bonds is 4. The van der Waals surface area contributed by atoms with Crippen LogP contribution in [0.1, 0.15) is 29.5 Å². The molecule has 0 aromatic heterocycles. The lowest BCUT2D eigenvalue weighted by molar-refractivity contribution is 0.244. The molecule has 2 aromatic carbocycles. The van der Waals surface area contributed by atoms with E-state index in [0.29, 0.717) is 5.56 Å². The number of fused-ring (bicyclic) bond motifs is 1. The van der Waals surface area contributed by atoms with Crippen LogP contribution >= 0.6 is 12.4 Å². The van der Waals surface area contributed by atoms with E-state index >= 15 is 0 Å². The number of benzene rings is 2. The van der Waals surface area contributed by atoms with Gasteiger partial charge in [0.1, 0.15) is 6.07 Å². The number of hydrogen-bond acceptors (Lipinski definition) is 3. The third-order valence-corrected chi connectivity index (χ3v) is 5.27. The van der Waals surface area contributed by atoms with Crippen molar-refractivity contribution < 1.29 is 0 Å². The van der Waals surface area contributed by atoms with Crippen molar-refractivity contribution in [2.45, 2.75) is 25.8 Å². The summed E-state index contributed by atoms with van der Waals surface area (Å²) in [6.07, 6.45) is 3.98. The highest BCUT2D eigenvalue weighted by Gasteiger charge is 2.26. The maximum Gasteiger partial charge on any atom is 0.101 e. The number of nitriles is 1. The monoisotopic (exact) mass is 353 g/mol. The molecule has 1 fully saturated rings. The smallest absolute Gasteiger partial charge is 0.101 e. The van der Waals surface area contributed by atoms with E-state index in [2.05, 4.69) is 34.1 Å². The Morgan fingerprint density at radius 1 is 1.16 bits per heavy atom. The maximum atomic E-state index is 9.35. The minimum absolute atomic E-state index is 0. The van der Waals surface area contributed by atoms with E-state index in [1.165, 1.54) is 37.1 Å². The minimum Gasteiger partial charge on any atom is -0.344 e. The second-order valence-electron chi connectivity index (χ2n) is 7.07. The van der Waals surface area contributed by atoms with Crippen LogP contribution in [0.15, 0.2) is 42.5 Å². The van der Waals surface area contributed by atoms with Crippen molar-refractivity contribution in [1.82, 2.24) is 4.90 Å². The van der Waals surface area contributed by atoms with Crippen molar-refractivity contribution in [1.29, 1.82) is 5.26 Å². The zero-order chi connectivity index (χ0) is 16.5. The number of nitrogens with zero attached hydrogens (tertiary/aromatic N) is 3. The standard InChI is InChI=1S/C21H23N3.ClH/c1-23(21-5-3-2-4-18(21)13-22)20-9-8-17-10-11-24(14-16-6-7-16)15-19(17)12-20;/h2-5,8-9,12,16H,6-7,10-11,14-15H2,1H3;1H. The largest absolute Gasteiger partial charge is 0.344 e. The van der Waals surface area contributed by atoms with Crippen LogP contribution in [0.3, 0.4) is 0 Å². The van der Waals surface area contributed by atoms with Crippen LogP contribution in [0.4, 0.5) is 11.4 Å². The molecule has 25 heavy (non-hydrogen) atoms. The van der Waals surface area contributed by atoms with Crippen LogP contribution in [-0.4, -0.2) is 25.0 Å². The highest BCUT2D eigenvalue weighted by Crippen LogP contribution is 2.33. The average molecular weight is 354 g/mol. The highest BCUT2D eigenvalue weighted by molar-refractivity contribution is 5.85. The number of hydrogen-bond donors (Lipinski definition) is 0. The van der Waals surface area contributed by atoms with E-state index in [0.717, 1.165) is 30.3 Å². The fourth-order valence-electron chi connectivity index (χ4n) is 3.63. The van der Waals surface area contributed by atoms with Crippen LogP contribution in [0, 0.1) is 17.2 Å². The van der Waals surface area contributed by atoms with Gasteiger partial charge in [0.05, 0.1) is 11.3 Å². The van der Waals surface area contributed by atoms with Crippen LogP contribution in [0.2, 0.25) is 0 Å². The van der Waals surface area contributed by atoms with E-state index in [1.54, 1.807) is 0 Å². The molecular formula is C21H24ClN3. The summed E-state index contributed by atoms with van der Waals surface area (Å²) in [6.45, 7) is 3.51. The molecule has 130 valence electrons. The van der Waals surface area contributed by atoms with E-state index < -0.39 is 0 Å². The fourth-order valence-corrected chi connectivity index (χ4v) is 3.63. The van der Waals surface area contributed by atoms with Gasteiger partial charge in [0.15, 0.2) is 0 Å². The molecule has 0 bridgehead atoms. The molecule has 0 unspecified atom stereocenters. The average Bonchev–Trinajstić information content (AvgIpc) is 3.44. The first kappa shape index (κ1) is 17.8. The molecule has 1 aliphatic heterocycles. The molecule has 0 radical (unpaired) electrons. The summed E-state index contributed by atoms with van der Waals surface area (Å²) < 4.78 is 0. The predicted octanol–water partition coefficient (Wildman–Crippen LogP) is 4.52. The second kappa shape index (κ2) is 7.47. The van der Waals surface area contributed by atoms with E-state index in [9.17, 15) is 5.26 Å². The summed E-state index contributed by atoms with van der Waals surface area (Å²) in [5, 5.41) is 9.35. The molecule has 0 N–H and O–H groups in total. The fraction of sp³-hybridized carbons (Fsp3) is 0.381. The Bertz CT molecular complexity index is 792. The molecule has 1 heterocycles. The van der Waals surface area contributed by atoms with Gasteiger partial charge in [0.2, 0.25) is 0 Å². The summed E-state index contributed by atoms with van der Waals surface area (Å²) >= 11 is 0. The van der Waals surface area contributed by atoms with E-state index in [-0.39, 0.29) is 12.4 Å². The lowest BCUT2D eigenvalue weighted by Crippen LogP contribution is -2.32. The Balaban J connectivity index is 0.00000182. The first-order valence-corrected chi connectivity index (χ1v) is 8.81. The van der Waals surface area contributed by atoms with Gasteiger partial charge >= 0.3 is 0 Å². The van der Waals surface area contributed by atoms with Crippen molar-refractivity contribution in [2.24, 2.45) is 5.92 Å². The van der Waals surface area contributed by atoms with Crippen LogP contribution < -0.4 is 4.90 Å². The molecule has 1 saturated carbocycles. The lowest BCUT2D eigenvalue weighted by Gasteiger charge is -2.30. The van der Waals surface area contributed by atoms with Gasteiger partial charge in [0, 0.05) is 32.4 Å². The normalized spacial score (nSPS) is 16.5. The zero-order valence-corrected chi connectivity index (χ0v) is 15.4. The Morgan fingerprint density at radius 3 is 2.72 bits per heavy atom. The molecule has 0 spiro atoms. The Morgan fingerprint density at radius 2 is 1.96 bits per heavy atom. The molecule has 4 rings (SSSR count). The third kappa shape index (κ3) is 3.81. The highest BCUT2D eigenvalue weighted by atomic mass is 35.5. The summed E-state index contributed by atoms with van der Waals surface area (Å²) in [5.74, 6) is 0.944. The van der Waals surface area contributed by atoms with Gasteiger partial charge in [-0.1, -0.05) is 18.2 Å². The minimum atomic E-state index is 0. The van der Waals surface area contributed by atoms with Crippen molar-refractivity contribution in [3.8, 4) is 6.07 Å². The number of halogens is 1. The lowest BCUT2D eigenvalue weighted by atomic mass is 9.98. The quantitative estimate of drug-likeness (QED) is 0.809. The van der Waals surface area contributed by atoms with E-state index in [1.807, 2.05) is 31.3 Å². The topological polar surface area (TPSA) is 30.3 Å². The molecule has 3 nitrogen and oxygen atoms in total. The van der Waals surface area contributed by atoms with Crippen molar-refractivity contribution in [2.75, 3.05) is 25.0 Å². The zero-order valence-electron chi connectivity index (χ0n) is 14.6. The molecule has 2 aromatic rings. The van der Waals surface area contributed by atoms with Gasteiger partial charge in [-0.3, -0.25) is 4.90 Å². The van der Waals surface area contributed by atoms with Crippen molar-refractivity contribution in [3.63, 3.8) is 0 Å². The molecule has 1 aliphatic carbocycles. The van der Waals surface area contributed by atoms with Crippen LogP contribution in [0.5, 0.6) is 0 Å². The second-order valence-corrected chi connectivity index (χ2v) is 7.07. The third-order valence-electron chi connectivity index (χ3n) is 5.27. The van der Waals surface area contributed by atoms with Gasteiger partial charge in [-0.25, -0.2) is 0 Å². The van der Waals surface area contributed by atoms with Crippen LogP contribution in [-0.2, 0) is 13.0 Å². The summed E-state index contributed by atoms with van der Waals surface area (Å²) in [7, 11) is 2.04. The number of para-hydroxylation sites is 1. The van der Waals surface area contributed by atoms with E-state index in [4.69, 9.17) is 0 Å².